The first kappa shape index (κ1) is 14.1. The second-order valence-corrected chi connectivity index (χ2v) is 5.20. The van der Waals surface area contributed by atoms with E-state index in [0.29, 0.717) is 10.7 Å². The average Bonchev–Trinajstić information content (AvgIpc) is 2.37. The molecule has 1 aromatic carbocycles. The molecule has 1 aromatic rings. The average molecular weight is 283 g/mol. The first-order valence-corrected chi connectivity index (χ1v) is 6.70. The molecule has 0 aromatic heterocycles. The Morgan fingerprint density at radius 3 is 2.58 bits per heavy atom. The van der Waals surface area contributed by atoms with Gasteiger partial charge in [-0.1, -0.05) is 23.7 Å². The zero-order valence-corrected chi connectivity index (χ0v) is 12.0. The highest BCUT2D eigenvalue weighted by Gasteiger charge is 2.16. The molecule has 1 aliphatic rings. The largest absolute Gasteiger partial charge is 0.333 e. The quantitative estimate of drug-likeness (QED) is 0.871. The zero-order chi connectivity index (χ0) is 13.8. The SMILES string of the molecule is Cc1cccc(Cl)c1NC(=O)NN1CCN(C)CC1. The number of nitrogens with zero attached hydrogens (tertiary/aromatic N) is 2. The second-order valence-electron chi connectivity index (χ2n) is 4.79. The van der Waals surface area contributed by atoms with Gasteiger partial charge in [-0.25, -0.2) is 9.80 Å². The lowest BCUT2D eigenvalue weighted by Gasteiger charge is -2.32. The van der Waals surface area contributed by atoms with Crippen molar-refractivity contribution in [2.75, 3.05) is 38.5 Å². The molecule has 0 radical (unpaired) electrons. The lowest BCUT2D eigenvalue weighted by Crippen LogP contribution is -2.53. The van der Waals surface area contributed by atoms with E-state index in [1.165, 1.54) is 0 Å². The van der Waals surface area contributed by atoms with Crippen LogP contribution in [0.3, 0.4) is 0 Å². The van der Waals surface area contributed by atoms with Crippen molar-refractivity contribution in [3.8, 4) is 0 Å². The van der Waals surface area contributed by atoms with Crippen molar-refractivity contribution in [2.45, 2.75) is 6.92 Å². The minimum Gasteiger partial charge on any atom is -0.305 e. The molecule has 1 aliphatic heterocycles. The molecule has 0 saturated carbocycles. The summed E-state index contributed by atoms with van der Waals surface area (Å²) >= 11 is 6.07. The molecule has 1 fully saturated rings. The summed E-state index contributed by atoms with van der Waals surface area (Å²) in [5, 5.41) is 5.27. The summed E-state index contributed by atoms with van der Waals surface area (Å²) in [5.74, 6) is 0. The van der Waals surface area contributed by atoms with Gasteiger partial charge in [0.15, 0.2) is 0 Å². The molecule has 19 heavy (non-hydrogen) atoms. The third kappa shape index (κ3) is 3.83. The Bertz CT molecular complexity index is 438. The second kappa shape index (κ2) is 6.23. The van der Waals surface area contributed by atoms with E-state index in [2.05, 4.69) is 22.7 Å². The Labute approximate surface area is 118 Å². The fourth-order valence-corrected chi connectivity index (χ4v) is 2.26. The number of likely N-dealkylation sites (N-methyl/N-ethyl adjacent to an activating group) is 1. The Kier molecular flexibility index (Phi) is 4.63. The summed E-state index contributed by atoms with van der Waals surface area (Å²) in [6.45, 7) is 5.46. The molecule has 104 valence electrons. The minimum atomic E-state index is -0.249. The molecule has 6 heteroatoms. The molecule has 0 bridgehead atoms. The zero-order valence-electron chi connectivity index (χ0n) is 11.2. The number of anilines is 1. The molecular weight excluding hydrogens is 264 g/mol. The fraction of sp³-hybridized carbons (Fsp3) is 0.462. The van der Waals surface area contributed by atoms with Crippen molar-refractivity contribution < 1.29 is 4.79 Å². The predicted molar refractivity (Wildman–Crippen MR) is 77.4 cm³/mol. The van der Waals surface area contributed by atoms with Crippen LogP contribution < -0.4 is 10.7 Å². The number of carbonyl (C=O) groups is 1. The normalized spacial score (nSPS) is 17.2. The first-order valence-electron chi connectivity index (χ1n) is 6.32. The van der Waals surface area contributed by atoms with Gasteiger partial charge < -0.3 is 10.2 Å². The predicted octanol–water partition coefficient (Wildman–Crippen LogP) is 1.93. The highest BCUT2D eigenvalue weighted by molar-refractivity contribution is 6.33. The molecule has 1 saturated heterocycles. The molecule has 0 spiro atoms. The number of piperazine rings is 1. The smallest absolute Gasteiger partial charge is 0.305 e. The molecule has 0 aliphatic carbocycles. The molecule has 1 heterocycles. The van der Waals surface area contributed by atoms with Gasteiger partial charge >= 0.3 is 6.03 Å². The van der Waals surface area contributed by atoms with E-state index in [9.17, 15) is 4.79 Å². The van der Waals surface area contributed by atoms with Crippen LogP contribution in [0.25, 0.3) is 0 Å². The van der Waals surface area contributed by atoms with Crippen LogP contribution in [0.4, 0.5) is 10.5 Å². The van der Waals surface area contributed by atoms with Crippen LogP contribution in [-0.2, 0) is 0 Å². The Hall–Kier alpha value is -1.30. The van der Waals surface area contributed by atoms with Crippen molar-refractivity contribution in [1.29, 1.82) is 0 Å². The van der Waals surface area contributed by atoms with Crippen molar-refractivity contribution in [3.05, 3.63) is 28.8 Å². The summed E-state index contributed by atoms with van der Waals surface area (Å²) in [7, 11) is 2.07. The maximum atomic E-state index is 11.9. The molecule has 5 nitrogen and oxygen atoms in total. The molecule has 0 unspecified atom stereocenters. The standard InChI is InChI=1S/C13H19ClN4O/c1-10-4-3-5-11(14)12(10)15-13(19)16-18-8-6-17(2)7-9-18/h3-5H,6-9H2,1-2H3,(H2,15,16,19). The number of halogens is 1. The summed E-state index contributed by atoms with van der Waals surface area (Å²) in [4.78, 5) is 14.2. The lowest BCUT2D eigenvalue weighted by molar-refractivity contribution is 0.116. The van der Waals surface area contributed by atoms with Gasteiger partial charge in [0, 0.05) is 26.2 Å². The van der Waals surface area contributed by atoms with Crippen molar-refractivity contribution in [1.82, 2.24) is 15.3 Å². The monoisotopic (exact) mass is 282 g/mol. The Morgan fingerprint density at radius 2 is 1.95 bits per heavy atom. The van der Waals surface area contributed by atoms with Crippen LogP contribution in [0.2, 0.25) is 5.02 Å². The summed E-state index contributed by atoms with van der Waals surface area (Å²) in [6.07, 6.45) is 0. The van der Waals surface area contributed by atoms with Crippen LogP contribution in [0, 0.1) is 6.92 Å². The Morgan fingerprint density at radius 1 is 1.26 bits per heavy atom. The van der Waals surface area contributed by atoms with Gasteiger partial charge in [0.05, 0.1) is 10.7 Å². The van der Waals surface area contributed by atoms with E-state index in [0.717, 1.165) is 31.7 Å². The molecule has 2 N–H and O–H groups in total. The summed E-state index contributed by atoms with van der Waals surface area (Å²) in [6, 6.07) is 5.29. The van der Waals surface area contributed by atoms with E-state index in [-0.39, 0.29) is 6.03 Å². The lowest BCUT2D eigenvalue weighted by atomic mass is 10.2. The molecule has 2 rings (SSSR count). The number of hydrogen-bond acceptors (Lipinski definition) is 3. The van der Waals surface area contributed by atoms with Gasteiger partial charge in [-0.2, -0.15) is 0 Å². The third-order valence-electron chi connectivity index (χ3n) is 3.22. The number of urea groups is 1. The van der Waals surface area contributed by atoms with E-state index >= 15 is 0 Å². The van der Waals surface area contributed by atoms with Gasteiger partial charge in [0.25, 0.3) is 0 Å². The number of para-hydroxylation sites is 1. The van der Waals surface area contributed by atoms with Gasteiger partial charge in [0.2, 0.25) is 0 Å². The molecule has 0 atom stereocenters. The van der Waals surface area contributed by atoms with Crippen molar-refractivity contribution in [3.63, 3.8) is 0 Å². The number of carbonyl (C=O) groups excluding carboxylic acids is 1. The van der Waals surface area contributed by atoms with Crippen LogP contribution in [0.1, 0.15) is 5.56 Å². The summed E-state index contributed by atoms with van der Waals surface area (Å²) < 4.78 is 0. The summed E-state index contributed by atoms with van der Waals surface area (Å²) in [5.41, 5.74) is 4.45. The van der Waals surface area contributed by atoms with Crippen molar-refractivity contribution >= 4 is 23.3 Å². The minimum absolute atomic E-state index is 0.249. The van der Waals surface area contributed by atoms with E-state index in [1.807, 2.05) is 24.1 Å². The number of benzene rings is 1. The highest BCUT2D eigenvalue weighted by atomic mass is 35.5. The van der Waals surface area contributed by atoms with E-state index < -0.39 is 0 Å². The van der Waals surface area contributed by atoms with Crippen LogP contribution >= 0.6 is 11.6 Å². The van der Waals surface area contributed by atoms with Crippen LogP contribution in [0.5, 0.6) is 0 Å². The first-order chi connectivity index (χ1) is 9.06. The third-order valence-corrected chi connectivity index (χ3v) is 3.54. The maximum Gasteiger partial charge on any atom is 0.333 e. The van der Waals surface area contributed by atoms with Gasteiger partial charge in [0.1, 0.15) is 0 Å². The number of amides is 2. The van der Waals surface area contributed by atoms with E-state index in [1.54, 1.807) is 6.07 Å². The van der Waals surface area contributed by atoms with Crippen LogP contribution in [0.15, 0.2) is 18.2 Å². The number of rotatable bonds is 2. The van der Waals surface area contributed by atoms with Gasteiger partial charge in [-0.3, -0.25) is 5.43 Å². The number of aryl methyl sites for hydroxylation is 1. The van der Waals surface area contributed by atoms with Gasteiger partial charge in [-0.05, 0) is 25.6 Å². The Balaban J connectivity index is 1.91. The van der Waals surface area contributed by atoms with Gasteiger partial charge in [-0.15, -0.1) is 0 Å². The van der Waals surface area contributed by atoms with Crippen LogP contribution in [-0.4, -0.2) is 49.2 Å². The highest BCUT2D eigenvalue weighted by Crippen LogP contribution is 2.24. The topological polar surface area (TPSA) is 47.6 Å². The molecular formula is C13H19ClN4O. The van der Waals surface area contributed by atoms with E-state index in [4.69, 9.17) is 11.6 Å². The number of hydrazine groups is 1. The fourth-order valence-electron chi connectivity index (χ4n) is 1.99. The molecule has 2 amide bonds. The maximum absolute atomic E-state index is 11.9. The van der Waals surface area contributed by atoms with Crippen molar-refractivity contribution in [2.24, 2.45) is 0 Å². The number of hydrogen-bond donors (Lipinski definition) is 2. The number of nitrogens with one attached hydrogen (secondary N) is 2.